The summed E-state index contributed by atoms with van der Waals surface area (Å²) in [7, 11) is 0. The Hall–Kier alpha value is -1.35. The third-order valence-electron chi connectivity index (χ3n) is 2.25. The molecule has 1 nitrogen and oxygen atoms in total. The van der Waals surface area contributed by atoms with E-state index < -0.39 is 0 Å². The Balaban J connectivity index is 2.08. The van der Waals surface area contributed by atoms with Gasteiger partial charge >= 0.3 is 0 Å². The molecule has 0 saturated carbocycles. The van der Waals surface area contributed by atoms with Crippen LogP contribution in [0.3, 0.4) is 0 Å². The van der Waals surface area contributed by atoms with E-state index in [0.29, 0.717) is 12.2 Å². The molecule has 1 N–H and O–H groups in total. The smallest absolute Gasteiger partial charge is 0.146 e. The zero-order chi connectivity index (χ0) is 11.4. The summed E-state index contributed by atoms with van der Waals surface area (Å²) in [6, 6.07) is 14.8. The number of benzene rings is 2. The van der Waals surface area contributed by atoms with Gasteiger partial charge in [-0.2, -0.15) is 0 Å². The maximum absolute atomic E-state index is 13.4. The Labute approximate surface area is 102 Å². The largest absolute Gasteiger partial charge is 0.379 e. The van der Waals surface area contributed by atoms with Crippen LogP contribution in [0.2, 0.25) is 0 Å². The maximum Gasteiger partial charge on any atom is 0.146 e. The van der Waals surface area contributed by atoms with Gasteiger partial charge in [-0.15, -0.1) is 0 Å². The molecule has 0 atom stereocenters. The van der Waals surface area contributed by atoms with Crippen molar-refractivity contribution in [3.05, 3.63) is 64.4 Å². The first-order valence-electron chi connectivity index (χ1n) is 4.98. The fraction of sp³-hybridized carbons (Fsp3) is 0.0769. The molecule has 2 aromatic rings. The molecule has 0 amide bonds. The first-order valence-corrected chi connectivity index (χ1v) is 5.78. The minimum Gasteiger partial charge on any atom is -0.379 e. The normalized spacial score (nSPS) is 10.1. The Morgan fingerprint density at radius 1 is 1.06 bits per heavy atom. The van der Waals surface area contributed by atoms with E-state index >= 15 is 0 Å². The van der Waals surface area contributed by atoms with E-state index in [9.17, 15) is 4.39 Å². The van der Waals surface area contributed by atoms with E-state index in [1.54, 1.807) is 12.1 Å². The van der Waals surface area contributed by atoms with E-state index in [1.165, 1.54) is 6.07 Å². The van der Waals surface area contributed by atoms with Crippen molar-refractivity contribution in [2.24, 2.45) is 0 Å². The number of hydrogen-bond donors (Lipinski definition) is 1. The van der Waals surface area contributed by atoms with Gasteiger partial charge in [-0.05, 0) is 23.8 Å². The van der Waals surface area contributed by atoms with Crippen LogP contribution in [0, 0.1) is 5.82 Å². The minimum atomic E-state index is -0.237. The van der Waals surface area contributed by atoms with Gasteiger partial charge in [0.25, 0.3) is 0 Å². The van der Waals surface area contributed by atoms with Gasteiger partial charge < -0.3 is 5.32 Å². The summed E-state index contributed by atoms with van der Waals surface area (Å²) in [5.41, 5.74) is 1.64. The molecular weight excluding hydrogens is 269 g/mol. The quantitative estimate of drug-likeness (QED) is 0.888. The highest BCUT2D eigenvalue weighted by Crippen LogP contribution is 2.20. The summed E-state index contributed by atoms with van der Waals surface area (Å²) in [5.74, 6) is -0.237. The number of rotatable bonds is 3. The summed E-state index contributed by atoms with van der Waals surface area (Å²) in [6.07, 6.45) is 0. The molecule has 2 aromatic carbocycles. The number of anilines is 1. The van der Waals surface area contributed by atoms with E-state index in [-0.39, 0.29) is 5.82 Å². The van der Waals surface area contributed by atoms with E-state index in [2.05, 4.69) is 21.2 Å². The van der Waals surface area contributed by atoms with Gasteiger partial charge in [-0.25, -0.2) is 4.39 Å². The average Bonchev–Trinajstić information content (AvgIpc) is 2.32. The third kappa shape index (κ3) is 2.83. The van der Waals surface area contributed by atoms with Crippen LogP contribution < -0.4 is 5.32 Å². The molecular formula is C13H11BrFN. The second kappa shape index (κ2) is 5.12. The lowest BCUT2D eigenvalue weighted by atomic mass is 10.2. The third-order valence-corrected chi connectivity index (χ3v) is 2.75. The number of nitrogens with one attached hydrogen (secondary N) is 1. The van der Waals surface area contributed by atoms with E-state index in [0.717, 1.165) is 10.0 Å². The zero-order valence-corrected chi connectivity index (χ0v) is 10.2. The molecule has 2 rings (SSSR count). The van der Waals surface area contributed by atoms with Gasteiger partial charge in [-0.1, -0.05) is 46.3 Å². The highest BCUT2D eigenvalue weighted by molar-refractivity contribution is 9.10. The lowest BCUT2D eigenvalue weighted by molar-refractivity contribution is 0.630. The van der Waals surface area contributed by atoms with Crippen molar-refractivity contribution < 1.29 is 4.39 Å². The van der Waals surface area contributed by atoms with Crippen LogP contribution in [0.25, 0.3) is 0 Å². The fourth-order valence-corrected chi connectivity index (χ4v) is 1.79. The summed E-state index contributed by atoms with van der Waals surface area (Å²) < 4.78 is 14.3. The SMILES string of the molecule is Fc1ccc(Br)cc1NCc1ccccc1. The van der Waals surface area contributed by atoms with Crippen molar-refractivity contribution in [1.29, 1.82) is 0 Å². The molecule has 0 aliphatic rings. The standard InChI is InChI=1S/C13H11BrFN/c14-11-6-7-12(15)13(8-11)16-9-10-4-2-1-3-5-10/h1-8,16H,9H2. The van der Waals surface area contributed by atoms with Crippen LogP contribution >= 0.6 is 15.9 Å². The van der Waals surface area contributed by atoms with Crippen LogP contribution in [0.15, 0.2) is 53.0 Å². The average molecular weight is 280 g/mol. The Bertz CT molecular complexity index is 471. The molecule has 3 heteroatoms. The molecule has 0 aliphatic carbocycles. The molecule has 0 spiro atoms. The summed E-state index contributed by atoms with van der Waals surface area (Å²) in [5, 5.41) is 3.07. The highest BCUT2D eigenvalue weighted by Gasteiger charge is 2.01. The van der Waals surface area contributed by atoms with Gasteiger partial charge in [0.05, 0.1) is 5.69 Å². The monoisotopic (exact) mass is 279 g/mol. The first-order chi connectivity index (χ1) is 7.75. The molecule has 0 bridgehead atoms. The van der Waals surface area contributed by atoms with Crippen molar-refractivity contribution in [1.82, 2.24) is 0 Å². The Morgan fingerprint density at radius 3 is 2.56 bits per heavy atom. The van der Waals surface area contributed by atoms with Crippen LogP contribution in [-0.4, -0.2) is 0 Å². The van der Waals surface area contributed by atoms with Gasteiger partial charge in [0.2, 0.25) is 0 Å². The van der Waals surface area contributed by atoms with Crippen LogP contribution in [0.5, 0.6) is 0 Å². The topological polar surface area (TPSA) is 12.0 Å². The summed E-state index contributed by atoms with van der Waals surface area (Å²) in [4.78, 5) is 0. The molecule has 0 heterocycles. The molecule has 0 aliphatic heterocycles. The summed E-state index contributed by atoms with van der Waals surface area (Å²) >= 11 is 3.32. The predicted octanol–water partition coefficient (Wildman–Crippen LogP) is 4.20. The molecule has 0 unspecified atom stereocenters. The Kier molecular flexibility index (Phi) is 3.57. The van der Waals surface area contributed by atoms with Gasteiger partial charge in [0, 0.05) is 11.0 Å². The number of hydrogen-bond acceptors (Lipinski definition) is 1. The Morgan fingerprint density at radius 2 is 1.81 bits per heavy atom. The molecule has 0 saturated heterocycles. The van der Waals surface area contributed by atoms with Crippen molar-refractivity contribution >= 4 is 21.6 Å². The summed E-state index contributed by atoms with van der Waals surface area (Å²) in [6.45, 7) is 0.619. The lowest BCUT2D eigenvalue weighted by Crippen LogP contribution is -2.01. The van der Waals surface area contributed by atoms with Gasteiger partial charge in [-0.3, -0.25) is 0 Å². The van der Waals surface area contributed by atoms with Gasteiger partial charge in [0.1, 0.15) is 5.82 Å². The van der Waals surface area contributed by atoms with E-state index in [1.807, 2.05) is 30.3 Å². The second-order valence-corrected chi connectivity index (χ2v) is 4.38. The first kappa shape index (κ1) is 11.1. The van der Waals surface area contributed by atoms with Crippen LogP contribution in [-0.2, 0) is 6.54 Å². The minimum absolute atomic E-state index is 0.237. The number of halogens is 2. The second-order valence-electron chi connectivity index (χ2n) is 3.46. The molecule has 0 aromatic heterocycles. The molecule has 82 valence electrons. The molecule has 0 radical (unpaired) electrons. The van der Waals surface area contributed by atoms with Crippen molar-refractivity contribution in [2.75, 3.05) is 5.32 Å². The fourth-order valence-electron chi connectivity index (χ4n) is 1.43. The van der Waals surface area contributed by atoms with E-state index in [4.69, 9.17) is 0 Å². The molecule has 16 heavy (non-hydrogen) atoms. The van der Waals surface area contributed by atoms with Gasteiger partial charge in [0.15, 0.2) is 0 Å². The van der Waals surface area contributed by atoms with Crippen molar-refractivity contribution in [3.8, 4) is 0 Å². The van der Waals surface area contributed by atoms with Crippen LogP contribution in [0.1, 0.15) is 5.56 Å². The predicted molar refractivity (Wildman–Crippen MR) is 67.9 cm³/mol. The molecule has 0 fully saturated rings. The highest BCUT2D eigenvalue weighted by atomic mass is 79.9. The maximum atomic E-state index is 13.4. The van der Waals surface area contributed by atoms with Crippen molar-refractivity contribution in [2.45, 2.75) is 6.54 Å². The van der Waals surface area contributed by atoms with Crippen LogP contribution in [0.4, 0.5) is 10.1 Å². The van der Waals surface area contributed by atoms with Crippen molar-refractivity contribution in [3.63, 3.8) is 0 Å². The lowest BCUT2D eigenvalue weighted by Gasteiger charge is -2.07. The zero-order valence-electron chi connectivity index (χ0n) is 8.58.